The lowest BCUT2D eigenvalue weighted by Crippen LogP contribution is -2.41. The molecule has 1 aromatic heterocycles. The minimum Gasteiger partial charge on any atom is -0.466 e. The van der Waals surface area contributed by atoms with Crippen LogP contribution < -0.4 is 10.9 Å². The highest BCUT2D eigenvalue weighted by Crippen LogP contribution is 2.12. The van der Waals surface area contributed by atoms with Gasteiger partial charge in [-0.2, -0.15) is 0 Å². The summed E-state index contributed by atoms with van der Waals surface area (Å²) in [6.45, 7) is 5.34. The molecule has 2 amide bonds. The molecule has 0 radical (unpaired) electrons. The Hall–Kier alpha value is -2.31. The lowest BCUT2D eigenvalue weighted by molar-refractivity contribution is -0.144. The summed E-state index contributed by atoms with van der Waals surface area (Å²) in [5, 5.41) is 0. The number of carbonyl (C=O) groups is 3. The first kappa shape index (κ1) is 15.7. The van der Waals surface area contributed by atoms with Gasteiger partial charge in [-0.1, -0.05) is 0 Å². The van der Waals surface area contributed by atoms with Gasteiger partial charge >= 0.3 is 5.97 Å². The van der Waals surface area contributed by atoms with E-state index in [1.54, 1.807) is 26.8 Å². The van der Waals surface area contributed by atoms with Gasteiger partial charge in [0.1, 0.15) is 11.5 Å². The first-order valence-corrected chi connectivity index (χ1v) is 6.25. The van der Waals surface area contributed by atoms with Crippen molar-refractivity contribution in [3.05, 3.63) is 23.2 Å². The van der Waals surface area contributed by atoms with E-state index in [0.29, 0.717) is 17.1 Å². The Morgan fingerprint density at radius 3 is 2.45 bits per heavy atom. The number of hydrogen-bond acceptors (Lipinski definition) is 5. The summed E-state index contributed by atoms with van der Waals surface area (Å²) in [5.41, 5.74) is 4.84. The number of amides is 2. The van der Waals surface area contributed by atoms with E-state index in [1.165, 1.54) is 0 Å². The first-order chi connectivity index (χ1) is 9.43. The molecule has 0 aliphatic heterocycles. The smallest absolute Gasteiger partial charge is 0.306 e. The summed E-state index contributed by atoms with van der Waals surface area (Å²) >= 11 is 0. The van der Waals surface area contributed by atoms with Crippen LogP contribution in [0, 0.1) is 13.8 Å². The Labute approximate surface area is 116 Å². The molecule has 2 N–H and O–H groups in total. The van der Waals surface area contributed by atoms with Crippen LogP contribution in [0.15, 0.2) is 10.5 Å². The molecule has 0 aliphatic rings. The quantitative estimate of drug-likeness (QED) is 0.620. The third kappa shape index (κ3) is 4.75. The molecule has 1 heterocycles. The van der Waals surface area contributed by atoms with Crippen molar-refractivity contribution in [2.75, 3.05) is 6.61 Å². The van der Waals surface area contributed by atoms with E-state index in [4.69, 9.17) is 4.42 Å². The highest BCUT2D eigenvalue weighted by molar-refractivity contribution is 5.96. The average molecular weight is 282 g/mol. The molecule has 20 heavy (non-hydrogen) atoms. The van der Waals surface area contributed by atoms with Gasteiger partial charge in [-0.05, 0) is 26.8 Å². The Balaban J connectivity index is 2.36. The molecule has 0 spiro atoms. The summed E-state index contributed by atoms with van der Waals surface area (Å²) in [4.78, 5) is 34.2. The first-order valence-electron chi connectivity index (χ1n) is 6.25. The standard InChI is InChI=1S/C13H18N2O5/c1-4-19-12(17)6-5-11(16)14-15-13(18)10-7-8(2)20-9(10)3/h7H,4-6H2,1-3H3,(H,14,16)(H,15,18). The molecule has 0 saturated carbocycles. The van der Waals surface area contributed by atoms with Gasteiger partial charge in [-0.25, -0.2) is 0 Å². The fourth-order valence-electron chi connectivity index (χ4n) is 1.56. The fraction of sp³-hybridized carbons (Fsp3) is 0.462. The van der Waals surface area contributed by atoms with Gasteiger partial charge in [0.2, 0.25) is 5.91 Å². The summed E-state index contributed by atoms with van der Waals surface area (Å²) in [7, 11) is 0. The van der Waals surface area contributed by atoms with Crippen LogP contribution in [0.3, 0.4) is 0 Å². The molecule has 0 atom stereocenters. The van der Waals surface area contributed by atoms with Crippen molar-refractivity contribution in [2.24, 2.45) is 0 Å². The van der Waals surface area contributed by atoms with Crippen LogP contribution in [-0.2, 0) is 14.3 Å². The van der Waals surface area contributed by atoms with Crippen molar-refractivity contribution in [3.63, 3.8) is 0 Å². The number of hydrogen-bond donors (Lipinski definition) is 2. The van der Waals surface area contributed by atoms with Gasteiger partial charge < -0.3 is 9.15 Å². The minimum atomic E-state index is -0.469. The third-order valence-corrected chi connectivity index (χ3v) is 2.46. The zero-order chi connectivity index (χ0) is 15.1. The van der Waals surface area contributed by atoms with Crippen LogP contribution >= 0.6 is 0 Å². The van der Waals surface area contributed by atoms with E-state index >= 15 is 0 Å². The second kappa shape index (κ2) is 7.32. The monoisotopic (exact) mass is 282 g/mol. The van der Waals surface area contributed by atoms with E-state index in [9.17, 15) is 14.4 Å². The minimum absolute atomic E-state index is 0.0284. The summed E-state index contributed by atoms with van der Waals surface area (Å²) in [5.74, 6) is -0.301. The van der Waals surface area contributed by atoms with Crippen LogP contribution in [-0.4, -0.2) is 24.4 Å². The number of hydrazine groups is 1. The molecule has 0 aliphatic carbocycles. The third-order valence-electron chi connectivity index (χ3n) is 2.46. The van der Waals surface area contributed by atoms with Crippen molar-refractivity contribution in [1.82, 2.24) is 10.9 Å². The van der Waals surface area contributed by atoms with Gasteiger partial charge in [0.25, 0.3) is 5.91 Å². The van der Waals surface area contributed by atoms with Gasteiger partial charge in [0.05, 0.1) is 18.6 Å². The molecule has 0 aromatic carbocycles. The fourth-order valence-corrected chi connectivity index (χ4v) is 1.56. The lowest BCUT2D eigenvalue weighted by Gasteiger charge is -2.06. The van der Waals surface area contributed by atoms with E-state index in [-0.39, 0.29) is 19.4 Å². The average Bonchev–Trinajstić information content (AvgIpc) is 2.73. The lowest BCUT2D eigenvalue weighted by atomic mass is 10.2. The molecule has 0 saturated heterocycles. The van der Waals surface area contributed by atoms with Gasteiger partial charge in [-0.15, -0.1) is 0 Å². The van der Waals surface area contributed by atoms with Crippen molar-refractivity contribution in [3.8, 4) is 0 Å². The molecule has 0 fully saturated rings. The van der Waals surface area contributed by atoms with E-state index < -0.39 is 17.8 Å². The molecule has 1 aromatic rings. The Morgan fingerprint density at radius 2 is 1.90 bits per heavy atom. The van der Waals surface area contributed by atoms with Gasteiger partial charge in [-0.3, -0.25) is 25.2 Å². The summed E-state index contributed by atoms with van der Waals surface area (Å²) in [6.07, 6.45) is -0.0814. The Kier molecular flexibility index (Phi) is 5.76. The van der Waals surface area contributed by atoms with Crippen LogP contribution in [0.5, 0.6) is 0 Å². The molecular weight excluding hydrogens is 264 g/mol. The molecule has 1 rings (SSSR count). The predicted octanol–water partition coefficient (Wildman–Crippen LogP) is 1.00. The summed E-state index contributed by atoms with van der Waals surface area (Å²) < 4.78 is 9.90. The second-order valence-corrected chi connectivity index (χ2v) is 4.13. The number of rotatable bonds is 5. The van der Waals surface area contributed by atoms with Gasteiger partial charge in [0, 0.05) is 6.42 Å². The van der Waals surface area contributed by atoms with Gasteiger partial charge in [0.15, 0.2) is 0 Å². The predicted molar refractivity (Wildman–Crippen MR) is 69.7 cm³/mol. The number of nitrogens with one attached hydrogen (secondary N) is 2. The zero-order valence-electron chi connectivity index (χ0n) is 11.7. The van der Waals surface area contributed by atoms with Crippen LogP contribution in [0.2, 0.25) is 0 Å². The molecule has 0 bridgehead atoms. The number of esters is 1. The molecule has 7 nitrogen and oxygen atoms in total. The highest BCUT2D eigenvalue weighted by atomic mass is 16.5. The van der Waals surface area contributed by atoms with Crippen LogP contribution in [0.25, 0.3) is 0 Å². The van der Waals surface area contributed by atoms with Crippen LogP contribution in [0.1, 0.15) is 41.6 Å². The summed E-state index contributed by atoms with van der Waals surface area (Å²) in [6, 6.07) is 1.58. The van der Waals surface area contributed by atoms with E-state index in [2.05, 4.69) is 15.6 Å². The Bertz CT molecular complexity index is 507. The largest absolute Gasteiger partial charge is 0.466 e. The molecule has 7 heteroatoms. The number of carbonyl (C=O) groups excluding carboxylic acids is 3. The zero-order valence-corrected chi connectivity index (χ0v) is 11.7. The van der Waals surface area contributed by atoms with Crippen molar-refractivity contribution in [2.45, 2.75) is 33.6 Å². The number of aryl methyl sites for hydroxylation is 2. The normalized spacial score (nSPS) is 9.95. The van der Waals surface area contributed by atoms with E-state index in [1.807, 2.05) is 0 Å². The SMILES string of the molecule is CCOC(=O)CCC(=O)NNC(=O)c1cc(C)oc1C. The maximum Gasteiger partial charge on any atom is 0.306 e. The molecular formula is C13H18N2O5. The molecule has 0 unspecified atom stereocenters. The number of ether oxygens (including phenoxy) is 1. The topological polar surface area (TPSA) is 97.6 Å². The van der Waals surface area contributed by atoms with Crippen molar-refractivity contribution in [1.29, 1.82) is 0 Å². The second-order valence-electron chi connectivity index (χ2n) is 4.13. The van der Waals surface area contributed by atoms with Crippen LogP contribution in [0.4, 0.5) is 0 Å². The highest BCUT2D eigenvalue weighted by Gasteiger charge is 2.14. The maximum atomic E-state index is 11.7. The van der Waals surface area contributed by atoms with Crippen molar-refractivity contribution >= 4 is 17.8 Å². The number of furan rings is 1. The Morgan fingerprint density at radius 1 is 1.20 bits per heavy atom. The molecule has 110 valence electrons. The van der Waals surface area contributed by atoms with Crippen molar-refractivity contribution < 1.29 is 23.5 Å². The maximum absolute atomic E-state index is 11.7. The van der Waals surface area contributed by atoms with E-state index in [0.717, 1.165) is 0 Å².